The zero-order valence-corrected chi connectivity index (χ0v) is 16.2. The summed E-state index contributed by atoms with van der Waals surface area (Å²) in [5.41, 5.74) is 6.30. The van der Waals surface area contributed by atoms with Crippen LogP contribution >= 0.6 is 12.4 Å². The second-order valence-electron chi connectivity index (χ2n) is 5.86. The maximum absolute atomic E-state index is 12.3. The summed E-state index contributed by atoms with van der Waals surface area (Å²) >= 11 is 0. The van der Waals surface area contributed by atoms with Crippen molar-refractivity contribution in [3.63, 3.8) is 0 Å². The Balaban J connectivity index is 0.00000529. The number of nitrogens with one attached hydrogen (secondary N) is 2. The Hall–Kier alpha value is -1.15. The summed E-state index contributed by atoms with van der Waals surface area (Å²) in [5.74, 6) is -0.266. The van der Waals surface area contributed by atoms with E-state index in [-0.39, 0.29) is 35.2 Å². The van der Waals surface area contributed by atoms with E-state index in [4.69, 9.17) is 5.73 Å². The highest BCUT2D eigenvalue weighted by molar-refractivity contribution is 7.89. The minimum Gasteiger partial charge on any atom is -0.325 e. The van der Waals surface area contributed by atoms with Gasteiger partial charge in [0.15, 0.2) is 0 Å². The van der Waals surface area contributed by atoms with Crippen LogP contribution in [0.15, 0.2) is 29.2 Å². The highest BCUT2D eigenvalue weighted by Crippen LogP contribution is 2.17. The molecule has 0 saturated heterocycles. The standard InChI is InChI=1S/C16H27N3O3S.ClH/c1-5-11(3)15(17)16(20)18-13-8-7-9-14(10-13)23(21,22)19-12(4)6-2;/h7-12,15,19H,5-6,17H2,1-4H3,(H,18,20);1H. The average Bonchev–Trinajstić information content (AvgIpc) is 2.53. The predicted molar refractivity (Wildman–Crippen MR) is 99.8 cm³/mol. The number of rotatable bonds is 8. The second kappa shape index (κ2) is 9.98. The first-order chi connectivity index (χ1) is 10.7. The molecule has 3 atom stereocenters. The molecule has 1 aromatic carbocycles. The van der Waals surface area contributed by atoms with Gasteiger partial charge < -0.3 is 11.1 Å². The Morgan fingerprint density at radius 3 is 2.38 bits per heavy atom. The summed E-state index contributed by atoms with van der Waals surface area (Å²) in [5, 5.41) is 2.68. The lowest BCUT2D eigenvalue weighted by molar-refractivity contribution is -0.118. The average molecular weight is 378 g/mol. The van der Waals surface area contributed by atoms with Crippen LogP contribution in [0.25, 0.3) is 0 Å². The van der Waals surface area contributed by atoms with Crippen LogP contribution in [0, 0.1) is 5.92 Å². The van der Waals surface area contributed by atoms with Gasteiger partial charge in [-0.3, -0.25) is 4.79 Å². The molecule has 0 heterocycles. The SMILES string of the molecule is CCC(C)NS(=O)(=O)c1cccc(NC(=O)C(N)C(C)CC)c1.Cl. The van der Waals surface area contributed by atoms with Gasteiger partial charge in [0.1, 0.15) is 0 Å². The van der Waals surface area contributed by atoms with Gasteiger partial charge in [-0.1, -0.05) is 33.3 Å². The molecule has 0 spiro atoms. The van der Waals surface area contributed by atoms with E-state index in [0.717, 1.165) is 6.42 Å². The second-order valence-corrected chi connectivity index (χ2v) is 7.57. The first-order valence-electron chi connectivity index (χ1n) is 7.90. The van der Waals surface area contributed by atoms with Crippen LogP contribution in [0.1, 0.15) is 40.5 Å². The number of carbonyl (C=O) groups excluding carboxylic acids is 1. The first-order valence-corrected chi connectivity index (χ1v) is 9.38. The fourth-order valence-electron chi connectivity index (χ4n) is 1.90. The Morgan fingerprint density at radius 1 is 1.21 bits per heavy atom. The zero-order chi connectivity index (χ0) is 17.6. The van der Waals surface area contributed by atoms with Crippen molar-refractivity contribution < 1.29 is 13.2 Å². The molecule has 0 aliphatic rings. The normalized spacial score (nSPS) is 15.0. The third-order valence-electron chi connectivity index (χ3n) is 3.94. The summed E-state index contributed by atoms with van der Waals surface area (Å²) < 4.78 is 27.1. The minimum absolute atomic E-state index is 0. The van der Waals surface area contributed by atoms with Crippen LogP contribution < -0.4 is 15.8 Å². The smallest absolute Gasteiger partial charge is 0.241 e. The molecule has 24 heavy (non-hydrogen) atoms. The van der Waals surface area contributed by atoms with E-state index in [1.807, 2.05) is 20.8 Å². The molecule has 0 fully saturated rings. The van der Waals surface area contributed by atoms with Crippen LogP contribution in [0.2, 0.25) is 0 Å². The van der Waals surface area contributed by atoms with E-state index >= 15 is 0 Å². The van der Waals surface area contributed by atoms with Crippen LogP contribution in [-0.4, -0.2) is 26.4 Å². The Labute approximate surface area is 151 Å². The highest BCUT2D eigenvalue weighted by atomic mass is 35.5. The van der Waals surface area contributed by atoms with Crippen molar-refractivity contribution in [1.29, 1.82) is 0 Å². The largest absolute Gasteiger partial charge is 0.325 e. The summed E-state index contributed by atoms with van der Waals surface area (Å²) in [7, 11) is -3.60. The summed E-state index contributed by atoms with van der Waals surface area (Å²) in [6.45, 7) is 7.57. The van der Waals surface area contributed by atoms with Crippen molar-refractivity contribution in [1.82, 2.24) is 4.72 Å². The molecular formula is C16H28ClN3O3S. The Morgan fingerprint density at radius 2 is 1.83 bits per heavy atom. The van der Waals surface area contributed by atoms with E-state index in [1.54, 1.807) is 19.1 Å². The number of halogens is 1. The fraction of sp³-hybridized carbons (Fsp3) is 0.562. The molecule has 138 valence electrons. The van der Waals surface area contributed by atoms with Gasteiger partial charge in [0.05, 0.1) is 10.9 Å². The fourth-order valence-corrected chi connectivity index (χ4v) is 3.27. The van der Waals surface area contributed by atoms with Crippen LogP contribution in [-0.2, 0) is 14.8 Å². The monoisotopic (exact) mass is 377 g/mol. The summed E-state index contributed by atoms with van der Waals surface area (Å²) in [6.07, 6.45) is 1.49. The summed E-state index contributed by atoms with van der Waals surface area (Å²) in [4.78, 5) is 12.2. The minimum atomic E-state index is -3.60. The zero-order valence-electron chi connectivity index (χ0n) is 14.6. The Kier molecular flexibility index (Phi) is 9.50. The molecule has 0 bridgehead atoms. The van der Waals surface area contributed by atoms with Gasteiger partial charge in [-0.05, 0) is 37.5 Å². The molecule has 6 nitrogen and oxygen atoms in total. The van der Waals surface area contributed by atoms with Crippen LogP contribution in [0.4, 0.5) is 5.69 Å². The van der Waals surface area contributed by atoms with Crippen molar-refractivity contribution in [3.05, 3.63) is 24.3 Å². The number of sulfonamides is 1. The molecule has 0 radical (unpaired) electrons. The van der Waals surface area contributed by atoms with E-state index in [2.05, 4.69) is 10.0 Å². The molecule has 0 aliphatic heterocycles. The first kappa shape index (κ1) is 22.9. The van der Waals surface area contributed by atoms with Gasteiger partial charge in [-0.25, -0.2) is 13.1 Å². The lowest BCUT2D eigenvalue weighted by Crippen LogP contribution is -2.40. The van der Waals surface area contributed by atoms with E-state index in [0.29, 0.717) is 12.1 Å². The molecule has 1 aromatic rings. The van der Waals surface area contributed by atoms with Gasteiger partial charge >= 0.3 is 0 Å². The topological polar surface area (TPSA) is 101 Å². The summed E-state index contributed by atoms with van der Waals surface area (Å²) in [6, 6.07) is 5.38. The van der Waals surface area contributed by atoms with Crippen molar-refractivity contribution in [3.8, 4) is 0 Å². The van der Waals surface area contributed by atoms with Gasteiger partial charge in [-0.2, -0.15) is 0 Å². The Bertz CT molecular complexity index is 637. The number of hydrogen-bond donors (Lipinski definition) is 3. The molecule has 0 saturated carbocycles. The molecule has 1 amide bonds. The predicted octanol–water partition coefficient (Wildman–Crippen LogP) is 2.50. The third kappa shape index (κ3) is 6.39. The number of carbonyl (C=O) groups is 1. The van der Waals surface area contributed by atoms with Gasteiger partial charge in [0.25, 0.3) is 0 Å². The lowest BCUT2D eigenvalue weighted by Gasteiger charge is -2.18. The quantitative estimate of drug-likeness (QED) is 0.647. The third-order valence-corrected chi connectivity index (χ3v) is 5.53. The van der Waals surface area contributed by atoms with Crippen molar-refractivity contribution in [2.75, 3.05) is 5.32 Å². The molecule has 1 rings (SSSR count). The molecule has 0 aliphatic carbocycles. The number of amides is 1. The molecule has 0 aromatic heterocycles. The molecular weight excluding hydrogens is 350 g/mol. The molecule has 8 heteroatoms. The van der Waals surface area contributed by atoms with Gasteiger partial charge in [0.2, 0.25) is 15.9 Å². The van der Waals surface area contributed by atoms with Gasteiger partial charge in [-0.15, -0.1) is 12.4 Å². The number of nitrogens with two attached hydrogens (primary N) is 1. The van der Waals surface area contributed by atoms with E-state index in [9.17, 15) is 13.2 Å². The van der Waals surface area contributed by atoms with E-state index < -0.39 is 16.1 Å². The number of benzene rings is 1. The van der Waals surface area contributed by atoms with Gasteiger partial charge in [0, 0.05) is 11.7 Å². The lowest BCUT2D eigenvalue weighted by atomic mass is 9.99. The van der Waals surface area contributed by atoms with E-state index in [1.165, 1.54) is 12.1 Å². The molecule has 4 N–H and O–H groups in total. The maximum atomic E-state index is 12.3. The molecule has 3 unspecified atom stereocenters. The number of anilines is 1. The van der Waals surface area contributed by atoms with Crippen molar-refractivity contribution in [2.24, 2.45) is 11.7 Å². The van der Waals surface area contributed by atoms with Crippen LogP contribution in [0.5, 0.6) is 0 Å². The highest BCUT2D eigenvalue weighted by Gasteiger charge is 2.21. The van der Waals surface area contributed by atoms with Crippen LogP contribution in [0.3, 0.4) is 0 Å². The van der Waals surface area contributed by atoms with Crippen molar-refractivity contribution >= 4 is 34.0 Å². The van der Waals surface area contributed by atoms with Crippen molar-refractivity contribution in [2.45, 2.75) is 57.5 Å². The maximum Gasteiger partial charge on any atom is 0.241 e. The number of hydrogen-bond acceptors (Lipinski definition) is 4.